The zero-order valence-electron chi connectivity index (χ0n) is 10.9. The zero-order valence-corrected chi connectivity index (χ0v) is 10.9. The number of hydrogen-bond donors (Lipinski definition) is 1. The molecule has 20 heavy (non-hydrogen) atoms. The fraction of sp³-hybridized carbons (Fsp3) is 0.333. The van der Waals surface area contributed by atoms with E-state index in [0.717, 1.165) is 10.9 Å². The molecule has 2 rings (SSSR count). The van der Waals surface area contributed by atoms with Crippen molar-refractivity contribution in [1.29, 1.82) is 0 Å². The van der Waals surface area contributed by atoms with Crippen molar-refractivity contribution >= 4 is 5.97 Å². The van der Waals surface area contributed by atoms with Crippen LogP contribution in [-0.4, -0.2) is 38.4 Å². The van der Waals surface area contributed by atoms with E-state index in [4.69, 9.17) is 0 Å². The van der Waals surface area contributed by atoms with Gasteiger partial charge in [-0.3, -0.25) is 0 Å². The third-order valence-corrected chi connectivity index (χ3v) is 2.70. The molecule has 0 amide bonds. The number of methoxy groups -OCH3 is 1. The lowest BCUT2D eigenvalue weighted by Gasteiger charge is -2.03. The molecule has 0 fully saturated rings. The highest BCUT2D eigenvalue weighted by molar-refractivity contribution is 5.89. The molecule has 106 valence electrons. The van der Waals surface area contributed by atoms with E-state index in [2.05, 4.69) is 20.1 Å². The summed E-state index contributed by atoms with van der Waals surface area (Å²) < 4.78 is 18.2. The second kappa shape index (κ2) is 5.74. The Morgan fingerprint density at radius 1 is 1.55 bits per heavy atom. The van der Waals surface area contributed by atoms with Crippen molar-refractivity contribution in [3.63, 3.8) is 0 Å². The molecule has 0 aliphatic carbocycles. The Labute approximate surface area is 114 Å². The minimum Gasteiger partial charge on any atom is -0.465 e. The quantitative estimate of drug-likeness (QED) is 0.841. The van der Waals surface area contributed by atoms with Crippen molar-refractivity contribution < 1.29 is 19.0 Å². The summed E-state index contributed by atoms with van der Waals surface area (Å²) in [7, 11) is 1.17. The molecule has 1 aromatic heterocycles. The van der Waals surface area contributed by atoms with Gasteiger partial charge in [0.1, 0.15) is 11.9 Å². The molecule has 0 aliphatic heterocycles. The SMILES string of the molecule is CCC(O)c1nnn(-c2ccc(C(=O)OC)c(F)c2)n1. The monoisotopic (exact) mass is 280 g/mol. The van der Waals surface area contributed by atoms with Gasteiger partial charge in [-0.05, 0) is 23.8 Å². The molecule has 0 aliphatic rings. The maximum atomic E-state index is 13.8. The number of aliphatic hydroxyl groups is 1. The topological polar surface area (TPSA) is 90.1 Å². The van der Waals surface area contributed by atoms with E-state index in [0.29, 0.717) is 6.42 Å². The Kier molecular flexibility index (Phi) is 4.04. The third kappa shape index (κ3) is 2.64. The summed E-state index contributed by atoms with van der Waals surface area (Å²) in [5, 5.41) is 20.9. The first-order valence-electron chi connectivity index (χ1n) is 5.93. The van der Waals surface area contributed by atoms with Crippen LogP contribution in [0.3, 0.4) is 0 Å². The van der Waals surface area contributed by atoms with Crippen molar-refractivity contribution in [1.82, 2.24) is 20.2 Å². The Morgan fingerprint density at radius 3 is 2.90 bits per heavy atom. The number of carbonyl (C=O) groups excluding carboxylic acids is 1. The third-order valence-electron chi connectivity index (χ3n) is 2.70. The number of esters is 1. The van der Waals surface area contributed by atoms with Gasteiger partial charge in [0.2, 0.25) is 5.82 Å². The predicted octanol–water partition coefficient (Wildman–Crippen LogP) is 1.03. The predicted molar refractivity (Wildman–Crippen MR) is 65.7 cm³/mol. The molecule has 0 saturated carbocycles. The highest BCUT2D eigenvalue weighted by atomic mass is 19.1. The fourth-order valence-corrected chi connectivity index (χ4v) is 1.55. The first-order valence-corrected chi connectivity index (χ1v) is 5.93. The van der Waals surface area contributed by atoms with Crippen LogP contribution in [0.1, 0.15) is 35.6 Å². The van der Waals surface area contributed by atoms with Gasteiger partial charge in [-0.2, -0.15) is 0 Å². The number of ether oxygens (including phenoxy) is 1. The first-order chi connectivity index (χ1) is 9.56. The van der Waals surface area contributed by atoms with E-state index in [1.807, 2.05) is 0 Å². The molecular weight excluding hydrogens is 267 g/mol. The molecule has 1 unspecified atom stereocenters. The molecule has 7 nitrogen and oxygen atoms in total. The zero-order chi connectivity index (χ0) is 14.7. The van der Waals surface area contributed by atoms with E-state index in [1.54, 1.807) is 6.92 Å². The number of aliphatic hydroxyl groups excluding tert-OH is 1. The molecule has 8 heteroatoms. The summed E-state index contributed by atoms with van der Waals surface area (Å²) in [5.74, 6) is -1.35. The number of tetrazole rings is 1. The number of benzene rings is 1. The molecule has 0 spiro atoms. The van der Waals surface area contributed by atoms with E-state index in [-0.39, 0.29) is 17.1 Å². The second-order valence-corrected chi connectivity index (χ2v) is 4.02. The van der Waals surface area contributed by atoms with Crippen LogP contribution in [0.25, 0.3) is 5.69 Å². The van der Waals surface area contributed by atoms with Crippen LogP contribution < -0.4 is 0 Å². The van der Waals surface area contributed by atoms with Crippen LogP contribution in [0.2, 0.25) is 0 Å². The minimum absolute atomic E-state index is 0.157. The normalized spacial score (nSPS) is 12.2. The van der Waals surface area contributed by atoms with Crippen molar-refractivity contribution in [3.05, 3.63) is 35.4 Å². The van der Waals surface area contributed by atoms with Crippen molar-refractivity contribution in [2.24, 2.45) is 0 Å². The van der Waals surface area contributed by atoms with Gasteiger partial charge in [-0.25, -0.2) is 9.18 Å². The van der Waals surface area contributed by atoms with Crippen LogP contribution in [0.5, 0.6) is 0 Å². The number of hydrogen-bond acceptors (Lipinski definition) is 6. The van der Waals surface area contributed by atoms with Gasteiger partial charge < -0.3 is 9.84 Å². The van der Waals surface area contributed by atoms with Crippen molar-refractivity contribution in [2.75, 3.05) is 7.11 Å². The number of rotatable bonds is 4. The van der Waals surface area contributed by atoms with Crippen LogP contribution in [0, 0.1) is 5.82 Å². The maximum absolute atomic E-state index is 13.8. The van der Waals surface area contributed by atoms with E-state index in [1.165, 1.54) is 19.2 Å². The Hall–Kier alpha value is -2.35. The summed E-state index contributed by atoms with van der Waals surface area (Å²) in [4.78, 5) is 12.4. The van der Waals surface area contributed by atoms with Crippen LogP contribution >= 0.6 is 0 Å². The van der Waals surface area contributed by atoms with Gasteiger partial charge in [0.05, 0.1) is 18.4 Å². The highest BCUT2D eigenvalue weighted by Gasteiger charge is 2.16. The van der Waals surface area contributed by atoms with Gasteiger partial charge in [0, 0.05) is 6.07 Å². The molecule has 1 N–H and O–H groups in total. The average Bonchev–Trinajstić information content (AvgIpc) is 2.95. The standard InChI is InChI=1S/C12H13FN4O3/c1-3-10(18)11-14-16-17(15-11)7-4-5-8(9(13)6-7)12(19)20-2/h4-6,10,18H,3H2,1-2H3. The average molecular weight is 280 g/mol. The van der Waals surface area contributed by atoms with Gasteiger partial charge in [-0.15, -0.1) is 15.0 Å². The molecule has 1 heterocycles. The molecule has 2 aromatic rings. The Balaban J connectivity index is 2.32. The van der Waals surface area contributed by atoms with Gasteiger partial charge in [-0.1, -0.05) is 6.92 Å². The van der Waals surface area contributed by atoms with Crippen LogP contribution in [-0.2, 0) is 4.74 Å². The van der Waals surface area contributed by atoms with E-state index >= 15 is 0 Å². The largest absolute Gasteiger partial charge is 0.465 e. The number of carbonyl (C=O) groups is 1. The molecule has 0 saturated heterocycles. The van der Waals surface area contributed by atoms with E-state index < -0.39 is 17.9 Å². The smallest absolute Gasteiger partial charge is 0.340 e. The first kappa shape index (κ1) is 14.1. The lowest BCUT2D eigenvalue weighted by Crippen LogP contribution is -2.07. The maximum Gasteiger partial charge on any atom is 0.340 e. The summed E-state index contributed by atoms with van der Waals surface area (Å²) in [6.45, 7) is 1.77. The second-order valence-electron chi connectivity index (χ2n) is 4.02. The van der Waals surface area contributed by atoms with Gasteiger partial charge in [0.15, 0.2) is 0 Å². The number of aromatic nitrogens is 4. The summed E-state index contributed by atoms with van der Waals surface area (Å²) >= 11 is 0. The molecule has 1 aromatic carbocycles. The van der Waals surface area contributed by atoms with Crippen molar-refractivity contribution in [2.45, 2.75) is 19.4 Å². The van der Waals surface area contributed by atoms with Gasteiger partial charge >= 0.3 is 5.97 Å². The fourth-order valence-electron chi connectivity index (χ4n) is 1.55. The Bertz CT molecular complexity index is 629. The van der Waals surface area contributed by atoms with Crippen LogP contribution in [0.15, 0.2) is 18.2 Å². The summed E-state index contributed by atoms with van der Waals surface area (Å²) in [6, 6.07) is 3.82. The lowest BCUT2D eigenvalue weighted by molar-refractivity contribution is 0.0595. The number of nitrogens with zero attached hydrogens (tertiary/aromatic N) is 4. The summed E-state index contributed by atoms with van der Waals surface area (Å²) in [6.07, 6.45) is -0.371. The van der Waals surface area contributed by atoms with Gasteiger partial charge in [0.25, 0.3) is 0 Å². The lowest BCUT2D eigenvalue weighted by atomic mass is 10.2. The van der Waals surface area contributed by atoms with Crippen molar-refractivity contribution in [3.8, 4) is 5.69 Å². The van der Waals surface area contributed by atoms with E-state index in [9.17, 15) is 14.3 Å². The van der Waals surface area contributed by atoms with Crippen LogP contribution in [0.4, 0.5) is 4.39 Å². The molecular formula is C12H13FN4O3. The molecule has 1 atom stereocenters. The number of halogens is 1. The molecule has 0 bridgehead atoms. The summed E-state index contributed by atoms with van der Waals surface area (Å²) in [5.41, 5.74) is 0.113. The molecule has 0 radical (unpaired) electrons. The highest BCUT2D eigenvalue weighted by Crippen LogP contribution is 2.15. The minimum atomic E-state index is -0.817. The Morgan fingerprint density at radius 2 is 2.30 bits per heavy atom.